The number of hydrogen-bond acceptors (Lipinski definition) is 4. The molecule has 2 rings (SSSR count). The molecule has 1 aromatic rings. The average molecular weight is 248 g/mol. The lowest BCUT2D eigenvalue weighted by Gasteiger charge is -2.29. The van der Waals surface area contributed by atoms with E-state index in [1.54, 1.807) is 14.2 Å². The van der Waals surface area contributed by atoms with Crippen molar-refractivity contribution in [2.45, 2.75) is 6.42 Å². The molecule has 0 saturated heterocycles. The predicted molar refractivity (Wildman–Crippen MR) is 73.5 cm³/mol. The van der Waals surface area contributed by atoms with Crippen molar-refractivity contribution < 1.29 is 9.47 Å². The highest BCUT2D eigenvalue weighted by Crippen LogP contribution is 2.33. The minimum absolute atomic E-state index is 0.656. The maximum absolute atomic E-state index is 5.66. The highest BCUT2D eigenvalue weighted by molar-refractivity contribution is 5.62. The van der Waals surface area contributed by atoms with Crippen molar-refractivity contribution in [1.29, 1.82) is 0 Å². The minimum Gasteiger partial charge on any atom is -0.497 e. The number of nitrogens with zero attached hydrogens (tertiary/aromatic N) is 1. The third-order valence-electron chi connectivity index (χ3n) is 3.29. The summed E-state index contributed by atoms with van der Waals surface area (Å²) in [6.45, 7) is 2.49. The largest absolute Gasteiger partial charge is 0.497 e. The maximum atomic E-state index is 5.66. The summed E-state index contributed by atoms with van der Waals surface area (Å²) in [6, 6.07) is 5.86. The van der Waals surface area contributed by atoms with E-state index in [0.717, 1.165) is 36.7 Å². The van der Waals surface area contributed by atoms with Gasteiger partial charge in [-0.1, -0.05) is 11.6 Å². The molecule has 0 fully saturated rings. The third kappa shape index (κ3) is 2.59. The summed E-state index contributed by atoms with van der Waals surface area (Å²) in [5, 5.41) is 0. The minimum atomic E-state index is 0.656. The van der Waals surface area contributed by atoms with Gasteiger partial charge in [0.05, 0.1) is 19.9 Å². The molecular weight excluding hydrogens is 228 g/mol. The molecule has 0 spiro atoms. The van der Waals surface area contributed by atoms with E-state index in [-0.39, 0.29) is 0 Å². The molecule has 98 valence electrons. The molecule has 4 heteroatoms. The Labute approximate surface area is 108 Å². The monoisotopic (exact) mass is 248 g/mol. The van der Waals surface area contributed by atoms with Crippen molar-refractivity contribution in [3.8, 4) is 11.5 Å². The van der Waals surface area contributed by atoms with Crippen LogP contribution in [0.3, 0.4) is 0 Å². The van der Waals surface area contributed by atoms with Crippen molar-refractivity contribution >= 4 is 5.69 Å². The highest BCUT2D eigenvalue weighted by Gasteiger charge is 2.16. The third-order valence-corrected chi connectivity index (χ3v) is 3.29. The zero-order valence-electron chi connectivity index (χ0n) is 11.0. The van der Waals surface area contributed by atoms with Crippen LogP contribution >= 0.6 is 0 Å². The average Bonchev–Trinajstić information content (AvgIpc) is 2.46. The SMILES string of the molecule is COc1ccc(OC)c(N2CC=C(CN)CC2)c1. The van der Waals surface area contributed by atoms with Crippen LogP contribution in [0, 0.1) is 0 Å². The first-order valence-electron chi connectivity index (χ1n) is 6.13. The van der Waals surface area contributed by atoms with Crippen molar-refractivity contribution in [2.24, 2.45) is 5.73 Å². The molecule has 4 nitrogen and oxygen atoms in total. The van der Waals surface area contributed by atoms with E-state index in [2.05, 4.69) is 11.0 Å². The fraction of sp³-hybridized carbons (Fsp3) is 0.429. The van der Waals surface area contributed by atoms with E-state index >= 15 is 0 Å². The maximum Gasteiger partial charge on any atom is 0.142 e. The number of benzene rings is 1. The van der Waals surface area contributed by atoms with E-state index in [1.807, 2.05) is 18.2 Å². The van der Waals surface area contributed by atoms with Crippen molar-refractivity contribution in [2.75, 3.05) is 38.8 Å². The molecule has 18 heavy (non-hydrogen) atoms. The van der Waals surface area contributed by atoms with Gasteiger partial charge in [-0.3, -0.25) is 0 Å². The van der Waals surface area contributed by atoms with Crippen LogP contribution in [0.1, 0.15) is 6.42 Å². The van der Waals surface area contributed by atoms with Gasteiger partial charge in [0.2, 0.25) is 0 Å². The van der Waals surface area contributed by atoms with Crippen LogP contribution in [0.4, 0.5) is 5.69 Å². The second-order valence-electron chi connectivity index (χ2n) is 4.30. The molecule has 0 unspecified atom stereocenters. The van der Waals surface area contributed by atoms with Gasteiger partial charge in [-0.2, -0.15) is 0 Å². The van der Waals surface area contributed by atoms with Gasteiger partial charge in [0.15, 0.2) is 0 Å². The van der Waals surface area contributed by atoms with Gasteiger partial charge in [-0.25, -0.2) is 0 Å². The number of rotatable bonds is 4. The first kappa shape index (κ1) is 12.8. The van der Waals surface area contributed by atoms with Crippen LogP contribution in [0.15, 0.2) is 29.8 Å². The molecule has 2 N–H and O–H groups in total. The van der Waals surface area contributed by atoms with Crippen LogP contribution in [-0.2, 0) is 0 Å². The molecule has 0 radical (unpaired) electrons. The molecule has 1 heterocycles. The lowest BCUT2D eigenvalue weighted by Crippen LogP contribution is -2.30. The fourth-order valence-corrected chi connectivity index (χ4v) is 2.16. The molecule has 0 atom stereocenters. The summed E-state index contributed by atoms with van der Waals surface area (Å²) in [5.74, 6) is 1.72. The van der Waals surface area contributed by atoms with Crippen LogP contribution in [0.5, 0.6) is 11.5 Å². The molecule has 1 aliphatic heterocycles. The molecule has 1 aliphatic rings. The Balaban J connectivity index is 2.24. The summed E-state index contributed by atoms with van der Waals surface area (Å²) in [4.78, 5) is 2.28. The molecule has 0 saturated carbocycles. The Morgan fingerprint density at radius 1 is 1.28 bits per heavy atom. The Kier molecular flexibility index (Phi) is 4.10. The number of hydrogen-bond donors (Lipinski definition) is 1. The van der Waals surface area contributed by atoms with E-state index < -0.39 is 0 Å². The van der Waals surface area contributed by atoms with E-state index in [9.17, 15) is 0 Å². The summed E-state index contributed by atoms with van der Waals surface area (Å²) in [5.41, 5.74) is 8.06. The van der Waals surface area contributed by atoms with Crippen molar-refractivity contribution in [3.05, 3.63) is 29.8 Å². The number of methoxy groups -OCH3 is 2. The smallest absolute Gasteiger partial charge is 0.142 e. The molecule has 1 aromatic carbocycles. The summed E-state index contributed by atoms with van der Waals surface area (Å²) in [7, 11) is 3.37. The first-order chi connectivity index (χ1) is 8.78. The molecule has 0 amide bonds. The van der Waals surface area contributed by atoms with Gasteiger partial charge in [-0.15, -0.1) is 0 Å². The zero-order chi connectivity index (χ0) is 13.0. The van der Waals surface area contributed by atoms with Gasteiger partial charge >= 0.3 is 0 Å². The first-order valence-corrected chi connectivity index (χ1v) is 6.13. The summed E-state index contributed by atoms with van der Waals surface area (Å²) in [6.07, 6.45) is 3.21. The Hall–Kier alpha value is -1.68. The summed E-state index contributed by atoms with van der Waals surface area (Å²) < 4.78 is 10.7. The van der Waals surface area contributed by atoms with Gasteiger partial charge in [0.25, 0.3) is 0 Å². The highest BCUT2D eigenvalue weighted by atomic mass is 16.5. The fourth-order valence-electron chi connectivity index (χ4n) is 2.16. The second kappa shape index (κ2) is 5.78. The van der Waals surface area contributed by atoms with Crippen LogP contribution < -0.4 is 20.1 Å². The second-order valence-corrected chi connectivity index (χ2v) is 4.30. The number of anilines is 1. The van der Waals surface area contributed by atoms with Crippen LogP contribution in [-0.4, -0.2) is 33.9 Å². The van der Waals surface area contributed by atoms with E-state index in [1.165, 1.54) is 5.57 Å². The van der Waals surface area contributed by atoms with Gasteiger partial charge in [0.1, 0.15) is 11.5 Å². The van der Waals surface area contributed by atoms with E-state index in [4.69, 9.17) is 15.2 Å². The van der Waals surface area contributed by atoms with Crippen molar-refractivity contribution in [3.63, 3.8) is 0 Å². The standard InChI is InChI=1S/C14H20N2O2/c1-17-12-3-4-14(18-2)13(9-12)16-7-5-11(10-15)6-8-16/h3-5,9H,6-8,10,15H2,1-2H3. The Morgan fingerprint density at radius 3 is 2.67 bits per heavy atom. The summed E-state index contributed by atoms with van der Waals surface area (Å²) >= 11 is 0. The van der Waals surface area contributed by atoms with Gasteiger partial charge in [-0.05, 0) is 18.6 Å². The van der Waals surface area contributed by atoms with Gasteiger partial charge in [0, 0.05) is 25.7 Å². The molecular formula is C14H20N2O2. The number of nitrogens with two attached hydrogens (primary N) is 1. The number of ether oxygens (including phenoxy) is 2. The lowest BCUT2D eigenvalue weighted by atomic mass is 10.1. The lowest BCUT2D eigenvalue weighted by molar-refractivity contribution is 0.403. The van der Waals surface area contributed by atoms with Crippen LogP contribution in [0.25, 0.3) is 0 Å². The quantitative estimate of drug-likeness (QED) is 0.825. The Bertz CT molecular complexity index is 443. The van der Waals surface area contributed by atoms with Gasteiger partial charge < -0.3 is 20.1 Å². The van der Waals surface area contributed by atoms with Crippen LogP contribution in [0.2, 0.25) is 0 Å². The molecule has 0 aliphatic carbocycles. The normalized spacial score (nSPS) is 15.3. The topological polar surface area (TPSA) is 47.7 Å². The van der Waals surface area contributed by atoms with Crippen molar-refractivity contribution in [1.82, 2.24) is 0 Å². The predicted octanol–water partition coefficient (Wildman–Crippen LogP) is 1.80. The zero-order valence-corrected chi connectivity index (χ0v) is 11.0. The molecule has 0 aromatic heterocycles. The van der Waals surface area contributed by atoms with E-state index in [0.29, 0.717) is 6.54 Å². The Morgan fingerprint density at radius 2 is 2.11 bits per heavy atom. The molecule has 0 bridgehead atoms.